The van der Waals surface area contributed by atoms with Gasteiger partial charge in [-0.05, 0) is 12.1 Å². The summed E-state index contributed by atoms with van der Waals surface area (Å²) in [6.45, 7) is 0. The fourth-order valence-corrected chi connectivity index (χ4v) is 1.08. The van der Waals surface area contributed by atoms with Crippen molar-refractivity contribution in [2.45, 2.75) is 0 Å². The van der Waals surface area contributed by atoms with Crippen LogP contribution < -0.4 is 5.73 Å². The van der Waals surface area contributed by atoms with Crippen molar-refractivity contribution < 1.29 is 18.4 Å². The Balaban J connectivity index is 2.31. The first-order chi connectivity index (χ1) is 7.20. The van der Waals surface area contributed by atoms with E-state index in [4.69, 9.17) is 14.6 Å². The van der Waals surface area contributed by atoms with Crippen LogP contribution in [0.5, 0.6) is 0 Å². The summed E-state index contributed by atoms with van der Waals surface area (Å²) in [5, 5.41) is 0. The van der Waals surface area contributed by atoms with Crippen LogP contribution in [0, 0.1) is 0 Å². The molecule has 0 amide bonds. The summed E-state index contributed by atoms with van der Waals surface area (Å²) in [7, 11) is 1.27. The van der Waals surface area contributed by atoms with Gasteiger partial charge in [0.2, 0.25) is 5.76 Å². The lowest BCUT2D eigenvalue weighted by Crippen LogP contribution is -1.97. The molecular formula is C9H8N2O4. The zero-order chi connectivity index (χ0) is 10.8. The van der Waals surface area contributed by atoms with Gasteiger partial charge >= 0.3 is 5.97 Å². The average molecular weight is 208 g/mol. The molecule has 0 aliphatic heterocycles. The van der Waals surface area contributed by atoms with Gasteiger partial charge in [-0.15, -0.1) is 0 Å². The quantitative estimate of drug-likeness (QED) is 0.748. The van der Waals surface area contributed by atoms with Crippen LogP contribution in [0.1, 0.15) is 10.6 Å². The molecule has 6 nitrogen and oxygen atoms in total. The molecule has 6 heteroatoms. The molecular weight excluding hydrogens is 200 g/mol. The number of ether oxygens (including phenoxy) is 1. The molecule has 2 aromatic heterocycles. The van der Waals surface area contributed by atoms with Gasteiger partial charge in [0.1, 0.15) is 0 Å². The van der Waals surface area contributed by atoms with E-state index in [1.807, 2.05) is 0 Å². The number of furan rings is 1. The highest BCUT2D eigenvalue weighted by molar-refractivity contribution is 5.86. The van der Waals surface area contributed by atoms with Crippen molar-refractivity contribution in [3.05, 3.63) is 24.1 Å². The summed E-state index contributed by atoms with van der Waals surface area (Å²) in [5.41, 5.74) is 5.30. The lowest BCUT2D eigenvalue weighted by atomic mass is 10.4. The van der Waals surface area contributed by atoms with Gasteiger partial charge in [-0.3, -0.25) is 0 Å². The van der Waals surface area contributed by atoms with Gasteiger partial charge in [-0.2, -0.15) is 0 Å². The number of oxazole rings is 1. The summed E-state index contributed by atoms with van der Waals surface area (Å²) in [4.78, 5) is 14.8. The zero-order valence-electron chi connectivity index (χ0n) is 7.89. The molecule has 78 valence electrons. The maximum Gasteiger partial charge on any atom is 0.373 e. The first-order valence-electron chi connectivity index (χ1n) is 4.10. The third-order valence-electron chi connectivity index (χ3n) is 1.76. The smallest absolute Gasteiger partial charge is 0.373 e. The third-order valence-corrected chi connectivity index (χ3v) is 1.76. The highest BCUT2D eigenvalue weighted by Gasteiger charge is 2.14. The number of nitrogen functional groups attached to an aromatic ring is 1. The van der Waals surface area contributed by atoms with Gasteiger partial charge in [0.05, 0.1) is 13.3 Å². The van der Waals surface area contributed by atoms with Crippen LogP contribution in [0.25, 0.3) is 11.5 Å². The summed E-state index contributed by atoms with van der Waals surface area (Å²) >= 11 is 0. The maximum atomic E-state index is 11.1. The molecule has 0 saturated carbocycles. The van der Waals surface area contributed by atoms with E-state index in [2.05, 4.69) is 9.72 Å². The molecule has 0 bridgehead atoms. The van der Waals surface area contributed by atoms with Crippen molar-refractivity contribution in [2.24, 2.45) is 0 Å². The first-order valence-corrected chi connectivity index (χ1v) is 4.10. The monoisotopic (exact) mass is 208 g/mol. The van der Waals surface area contributed by atoms with Crippen LogP contribution >= 0.6 is 0 Å². The van der Waals surface area contributed by atoms with Crippen LogP contribution in [-0.2, 0) is 4.74 Å². The molecule has 0 radical (unpaired) electrons. The van der Waals surface area contributed by atoms with Crippen molar-refractivity contribution in [1.29, 1.82) is 0 Å². The van der Waals surface area contributed by atoms with Gasteiger partial charge in [-0.25, -0.2) is 9.78 Å². The Kier molecular flexibility index (Phi) is 2.17. The molecule has 0 fully saturated rings. The lowest BCUT2D eigenvalue weighted by Gasteiger charge is -1.92. The number of carbonyl (C=O) groups is 1. The van der Waals surface area contributed by atoms with Gasteiger partial charge in [0, 0.05) is 0 Å². The van der Waals surface area contributed by atoms with Crippen LogP contribution in [-0.4, -0.2) is 18.1 Å². The lowest BCUT2D eigenvalue weighted by molar-refractivity contribution is 0.0566. The second-order valence-electron chi connectivity index (χ2n) is 2.72. The molecule has 2 N–H and O–H groups in total. The zero-order valence-corrected chi connectivity index (χ0v) is 7.89. The third kappa shape index (κ3) is 1.69. The van der Waals surface area contributed by atoms with Crippen molar-refractivity contribution in [3.63, 3.8) is 0 Å². The largest absolute Gasteiger partial charge is 0.463 e. The molecule has 0 atom stereocenters. The summed E-state index contributed by atoms with van der Waals surface area (Å²) in [6.07, 6.45) is 1.41. The maximum absolute atomic E-state index is 11.1. The number of anilines is 1. The summed E-state index contributed by atoms with van der Waals surface area (Å²) in [5.74, 6) is 0.290. The average Bonchev–Trinajstić information content (AvgIpc) is 2.84. The van der Waals surface area contributed by atoms with Gasteiger partial charge in [0.25, 0.3) is 6.01 Å². The number of nitrogens with zero attached hydrogens (tertiary/aromatic N) is 1. The molecule has 0 unspecified atom stereocenters. The van der Waals surface area contributed by atoms with Crippen molar-refractivity contribution in [2.75, 3.05) is 12.8 Å². The number of esters is 1. The van der Waals surface area contributed by atoms with E-state index in [0.717, 1.165) is 0 Å². The molecule has 0 saturated heterocycles. The first kappa shape index (κ1) is 9.32. The fourth-order valence-electron chi connectivity index (χ4n) is 1.08. The minimum Gasteiger partial charge on any atom is -0.463 e. The van der Waals surface area contributed by atoms with Crippen molar-refractivity contribution >= 4 is 12.0 Å². The van der Waals surface area contributed by atoms with Crippen molar-refractivity contribution in [3.8, 4) is 11.5 Å². The molecule has 15 heavy (non-hydrogen) atoms. The van der Waals surface area contributed by atoms with Crippen LogP contribution in [0.15, 0.2) is 27.2 Å². The molecule has 0 aliphatic rings. The SMILES string of the molecule is COC(=O)c1ccc(-c2cnc(N)o2)o1. The normalized spacial score (nSPS) is 10.2. The van der Waals surface area contributed by atoms with E-state index in [-0.39, 0.29) is 11.8 Å². The highest BCUT2D eigenvalue weighted by Crippen LogP contribution is 2.23. The highest BCUT2D eigenvalue weighted by atomic mass is 16.5. The predicted octanol–water partition coefficient (Wildman–Crippen LogP) is 1.30. The van der Waals surface area contributed by atoms with E-state index < -0.39 is 5.97 Å². The van der Waals surface area contributed by atoms with E-state index in [1.54, 1.807) is 6.07 Å². The molecule has 2 aromatic rings. The standard InChI is InChI=1S/C9H8N2O4/c1-13-8(12)6-3-2-5(14-6)7-4-11-9(10)15-7/h2-4H,1H3,(H2,10,11). The Morgan fingerprint density at radius 2 is 2.20 bits per heavy atom. The number of hydrogen-bond donors (Lipinski definition) is 1. The van der Waals surface area contributed by atoms with Gasteiger partial charge in [0.15, 0.2) is 11.5 Å². The van der Waals surface area contributed by atoms with E-state index in [1.165, 1.54) is 19.4 Å². The Labute approximate surface area is 84.6 Å². The molecule has 0 spiro atoms. The molecule has 0 aliphatic carbocycles. The predicted molar refractivity (Wildman–Crippen MR) is 50.0 cm³/mol. The van der Waals surface area contributed by atoms with Crippen molar-refractivity contribution in [1.82, 2.24) is 4.98 Å². The van der Waals surface area contributed by atoms with E-state index in [9.17, 15) is 4.79 Å². The Hall–Kier alpha value is -2.24. The fraction of sp³-hybridized carbons (Fsp3) is 0.111. The van der Waals surface area contributed by atoms with Gasteiger partial charge < -0.3 is 19.3 Å². The molecule has 0 aromatic carbocycles. The number of hydrogen-bond acceptors (Lipinski definition) is 6. The minimum atomic E-state index is -0.547. The summed E-state index contributed by atoms with van der Waals surface area (Å²) < 4.78 is 14.7. The van der Waals surface area contributed by atoms with Crippen LogP contribution in [0.3, 0.4) is 0 Å². The Morgan fingerprint density at radius 1 is 1.40 bits per heavy atom. The van der Waals surface area contributed by atoms with Crippen LogP contribution in [0.4, 0.5) is 6.01 Å². The number of methoxy groups -OCH3 is 1. The number of carbonyl (C=O) groups excluding carboxylic acids is 1. The number of aromatic nitrogens is 1. The topological polar surface area (TPSA) is 91.5 Å². The van der Waals surface area contributed by atoms with E-state index in [0.29, 0.717) is 11.5 Å². The Morgan fingerprint density at radius 3 is 2.80 bits per heavy atom. The van der Waals surface area contributed by atoms with Gasteiger partial charge in [-0.1, -0.05) is 0 Å². The second kappa shape index (κ2) is 3.49. The Bertz CT molecular complexity index is 486. The number of nitrogens with two attached hydrogens (primary N) is 1. The summed E-state index contributed by atoms with van der Waals surface area (Å²) in [6, 6.07) is 3.10. The van der Waals surface area contributed by atoms with E-state index >= 15 is 0 Å². The second-order valence-corrected chi connectivity index (χ2v) is 2.72. The number of rotatable bonds is 2. The minimum absolute atomic E-state index is 0.0426. The van der Waals surface area contributed by atoms with Crippen LogP contribution in [0.2, 0.25) is 0 Å². The molecule has 2 rings (SSSR count). The molecule has 2 heterocycles.